The van der Waals surface area contributed by atoms with Crippen LogP contribution in [0.25, 0.3) is 0 Å². The van der Waals surface area contributed by atoms with Crippen LogP contribution in [-0.2, 0) is 0 Å². The summed E-state index contributed by atoms with van der Waals surface area (Å²) in [6, 6.07) is 0. The van der Waals surface area contributed by atoms with Crippen molar-refractivity contribution in [2.75, 3.05) is 0 Å². The topological polar surface area (TPSA) is 20.2 Å². The zero-order valence-corrected chi connectivity index (χ0v) is 17.2. The Morgan fingerprint density at radius 1 is 1.04 bits per heavy atom. The average Bonchev–Trinajstić information content (AvgIpc) is 3.02. The Balaban J connectivity index is 1.56. The van der Waals surface area contributed by atoms with Gasteiger partial charge in [0.05, 0.1) is 6.10 Å². The van der Waals surface area contributed by atoms with Crippen molar-refractivity contribution >= 4 is 0 Å². The van der Waals surface area contributed by atoms with Gasteiger partial charge in [0.2, 0.25) is 0 Å². The Morgan fingerprint density at radius 3 is 2.56 bits per heavy atom. The van der Waals surface area contributed by atoms with Crippen LogP contribution in [0.15, 0.2) is 0 Å². The van der Waals surface area contributed by atoms with E-state index < -0.39 is 0 Å². The number of aliphatic hydroxyl groups is 1. The molecule has 25 heavy (non-hydrogen) atoms. The molecule has 0 heterocycles. The molecule has 4 rings (SSSR count). The van der Waals surface area contributed by atoms with E-state index in [1.165, 1.54) is 51.4 Å². The largest absolute Gasteiger partial charge is 0.393 e. The van der Waals surface area contributed by atoms with Gasteiger partial charge in [0.1, 0.15) is 0 Å². The van der Waals surface area contributed by atoms with Crippen molar-refractivity contribution in [2.45, 2.75) is 98.0 Å². The van der Waals surface area contributed by atoms with Crippen molar-refractivity contribution in [3.8, 4) is 0 Å². The fraction of sp³-hybridized carbons (Fsp3) is 1.00. The van der Waals surface area contributed by atoms with E-state index in [4.69, 9.17) is 0 Å². The van der Waals surface area contributed by atoms with Crippen LogP contribution in [0, 0.1) is 52.8 Å². The molecular formula is C24H42O. The van der Waals surface area contributed by atoms with Gasteiger partial charge < -0.3 is 5.11 Å². The Morgan fingerprint density at radius 2 is 1.80 bits per heavy atom. The van der Waals surface area contributed by atoms with Gasteiger partial charge in [-0.1, -0.05) is 40.5 Å². The number of hydrogen-bond donors (Lipinski definition) is 1. The van der Waals surface area contributed by atoms with Crippen LogP contribution < -0.4 is 0 Å². The maximum absolute atomic E-state index is 10.2. The van der Waals surface area contributed by atoms with Gasteiger partial charge in [-0.05, 0) is 104 Å². The van der Waals surface area contributed by atoms with Crippen LogP contribution in [0.1, 0.15) is 91.9 Å². The predicted molar refractivity (Wildman–Crippen MR) is 105 cm³/mol. The summed E-state index contributed by atoms with van der Waals surface area (Å²) in [5.74, 6) is 7.71. The average molecular weight is 347 g/mol. The highest BCUT2D eigenvalue weighted by Crippen LogP contribution is 2.65. The summed E-state index contributed by atoms with van der Waals surface area (Å²) in [5.41, 5.74) is 0.536. The Bertz CT molecular complexity index is 473. The van der Waals surface area contributed by atoms with Gasteiger partial charge in [0.25, 0.3) is 0 Å². The lowest BCUT2D eigenvalue weighted by Gasteiger charge is -2.60. The highest BCUT2D eigenvalue weighted by Gasteiger charge is 2.58. The monoisotopic (exact) mass is 346 g/mol. The van der Waals surface area contributed by atoms with E-state index in [9.17, 15) is 5.11 Å². The summed E-state index contributed by atoms with van der Waals surface area (Å²) in [7, 11) is 0. The molecule has 1 nitrogen and oxygen atoms in total. The van der Waals surface area contributed by atoms with Crippen LogP contribution in [0.2, 0.25) is 0 Å². The predicted octanol–water partition coefficient (Wildman–Crippen LogP) is 6.30. The van der Waals surface area contributed by atoms with Crippen LogP contribution in [-0.4, -0.2) is 11.2 Å². The Labute approximate surface area is 156 Å². The lowest BCUT2D eigenvalue weighted by molar-refractivity contribution is -0.122. The third-order valence-electron chi connectivity index (χ3n) is 9.85. The summed E-state index contributed by atoms with van der Waals surface area (Å²) in [4.78, 5) is 0. The molecule has 4 aliphatic carbocycles. The fourth-order valence-corrected chi connectivity index (χ4v) is 8.70. The van der Waals surface area contributed by atoms with E-state index >= 15 is 0 Å². The first-order valence-electron chi connectivity index (χ1n) is 11.6. The molecule has 0 radical (unpaired) electrons. The maximum Gasteiger partial charge on any atom is 0.0543 e. The highest BCUT2D eigenvalue weighted by molar-refractivity contribution is 5.07. The minimum Gasteiger partial charge on any atom is -0.393 e. The highest BCUT2D eigenvalue weighted by atomic mass is 16.3. The molecule has 0 aromatic carbocycles. The number of hydrogen-bond acceptors (Lipinski definition) is 1. The van der Waals surface area contributed by atoms with Crippen molar-refractivity contribution in [1.29, 1.82) is 0 Å². The van der Waals surface area contributed by atoms with Gasteiger partial charge in [-0.15, -0.1) is 0 Å². The first-order chi connectivity index (χ1) is 12.0. The van der Waals surface area contributed by atoms with Gasteiger partial charge >= 0.3 is 0 Å². The molecular weight excluding hydrogens is 304 g/mol. The standard InChI is InChI=1S/C24H42O/c1-5-6-15(2)19-9-10-21-20-8-7-17-14-18(25)11-12-24(17,4)22(20)13-16(3)23(19)21/h15-23,25H,5-14H2,1-4H3/t15?,16-,17-,18-,19-,20+,21+,22+,23?,24+/m1/s1. The van der Waals surface area contributed by atoms with Gasteiger partial charge in [-0.3, -0.25) is 0 Å². The van der Waals surface area contributed by atoms with Crippen molar-refractivity contribution in [3.63, 3.8) is 0 Å². The number of fused-ring (bicyclic) bond motifs is 5. The summed E-state index contributed by atoms with van der Waals surface area (Å²) in [5, 5.41) is 10.2. The third-order valence-corrected chi connectivity index (χ3v) is 9.85. The van der Waals surface area contributed by atoms with Crippen LogP contribution >= 0.6 is 0 Å². The molecule has 4 aliphatic rings. The minimum absolute atomic E-state index is 0.00542. The van der Waals surface area contributed by atoms with Crippen molar-refractivity contribution in [2.24, 2.45) is 52.8 Å². The molecule has 144 valence electrons. The van der Waals surface area contributed by atoms with Gasteiger partial charge in [0.15, 0.2) is 0 Å². The quantitative estimate of drug-likeness (QED) is 0.636. The lowest BCUT2D eigenvalue weighted by atomic mass is 9.45. The first-order valence-corrected chi connectivity index (χ1v) is 11.6. The second-order valence-corrected chi connectivity index (χ2v) is 10.9. The zero-order valence-electron chi connectivity index (χ0n) is 17.2. The van der Waals surface area contributed by atoms with Crippen LogP contribution in [0.3, 0.4) is 0 Å². The van der Waals surface area contributed by atoms with Crippen molar-refractivity contribution in [1.82, 2.24) is 0 Å². The zero-order chi connectivity index (χ0) is 17.8. The normalized spacial score (nSPS) is 53.6. The van der Waals surface area contributed by atoms with E-state index in [1.54, 1.807) is 0 Å². The van der Waals surface area contributed by atoms with Crippen LogP contribution in [0.5, 0.6) is 0 Å². The van der Waals surface area contributed by atoms with Crippen molar-refractivity contribution < 1.29 is 5.11 Å². The second kappa shape index (κ2) is 6.84. The van der Waals surface area contributed by atoms with E-state index in [1.807, 2.05) is 0 Å². The molecule has 4 saturated carbocycles. The molecule has 10 atom stereocenters. The maximum atomic E-state index is 10.2. The molecule has 0 saturated heterocycles. The summed E-state index contributed by atoms with van der Waals surface area (Å²) in [6.07, 6.45) is 13.7. The molecule has 0 bridgehead atoms. The summed E-state index contributed by atoms with van der Waals surface area (Å²) in [6.45, 7) is 10.1. The van der Waals surface area contributed by atoms with Gasteiger partial charge in [-0.25, -0.2) is 0 Å². The second-order valence-electron chi connectivity index (χ2n) is 10.9. The van der Waals surface area contributed by atoms with Crippen molar-refractivity contribution in [3.05, 3.63) is 0 Å². The summed E-state index contributed by atoms with van der Waals surface area (Å²) < 4.78 is 0. The minimum atomic E-state index is -0.00542. The van der Waals surface area contributed by atoms with E-state index in [2.05, 4.69) is 27.7 Å². The molecule has 1 N–H and O–H groups in total. The van der Waals surface area contributed by atoms with Gasteiger partial charge in [0, 0.05) is 0 Å². The number of rotatable bonds is 3. The lowest BCUT2D eigenvalue weighted by Crippen LogP contribution is -2.53. The molecule has 0 aromatic heterocycles. The van der Waals surface area contributed by atoms with Crippen LogP contribution in [0.4, 0.5) is 0 Å². The SMILES string of the molecule is CCCC(C)[C@H]1CC[C@@H]2C1[C@H](C)C[C@H]1[C@H]2CC[C@@H]2C[C@H](O)CC[C@@]21C. The fourth-order valence-electron chi connectivity index (χ4n) is 8.70. The molecule has 0 aromatic rings. The molecule has 4 fully saturated rings. The van der Waals surface area contributed by atoms with E-state index in [0.29, 0.717) is 5.41 Å². The smallest absolute Gasteiger partial charge is 0.0543 e. The summed E-state index contributed by atoms with van der Waals surface area (Å²) >= 11 is 0. The Hall–Kier alpha value is -0.0400. The molecule has 1 heteroatoms. The Kier molecular flexibility index (Phi) is 5.02. The molecule has 2 unspecified atom stereocenters. The molecule has 0 aliphatic heterocycles. The molecule has 0 amide bonds. The van der Waals surface area contributed by atoms with Gasteiger partial charge in [-0.2, -0.15) is 0 Å². The third kappa shape index (κ3) is 2.91. The van der Waals surface area contributed by atoms with E-state index in [-0.39, 0.29) is 6.10 Å². The number of aliphatic hydroxyl groups excluding tert-OH is 1. The first kappa shape index (κ1) is 18.3. The van der Waals surface area contributed by atoms with E-state index in [0.717, 1.165) is 60.2 Å². The molecule has 0 spiro atoms.